The molecule has 0 bridgehead atoms. The van der Waals surface area contributed by atoms with E-state index < -0.39 is 17.2 Å². The molecule has 1 aromatic rings. The number of aliphatic carboxylic acids is 1. The molecular formula is C8H11N3O4. The van der Waals surface area contributed by atoms with Crippen molar-refractivity contribution in [2.24, 2.45) is 0 Å². The Morgan fingerprint density at radius 3 is 2.80 bits per heavy atom. The molecule has 1 aromatic heterocycles. The zero-order valence-electron chi connectivity index (χ0n) is 7.87. The molecule has 0 saturated carbocycles. The maximum absolute atomic E-state index is 11.1. The van der Waals surface area contributed by atoms with Crippen molar-refractivity contribution in [3.63, 3.8) is 0 Å². The number of H-pyrrole nitrogens is 2. The number of aromatic amines is 2. The Morgan fingerprint density at radius 2 is 2.20 bits per heavy atom. The smallest absolute Gasteiger partial charge is 0.325 e. The number of aromatic nitrogens is 2. The summed E-state index contributed by atoms with van der Waals surface area (Å²) < 4.78 is 0. The van der Waals surface area contributed by atoms with Crippen LogP contribution in [0.3, 0.4) is 0 Å². The minimum atomic E-state index is -0.953. The summed E-state index contributed by atoms with van der Waals surface area (Å²) in [5, 5.41) is 11.0. The summed E-state index contributed by atoms with van der Waals surface area (Å²) in [5.74, 6) is -0.953. The predicted octanol–water partition coefficient (Wildman–Crippen LogP) is -1.72. The Hall–Kier alpha value is -1.89. The van der Waals surface area contributed by atoms with E-state index in [0.29, 0.717) is 18.5 Å². The van der Waals surface area contributed by atoms with Gasteiger partial charge in [-0.3, -0.25) is 14.6 Å². The molecule has 0 unspecified atom stereocenters. The van der Waals surface area contributed by atoms with Crippen LogP contribution in [0, 0.1) is 0 Å². The maximum atomic E-state index is 11.1. The lowest BCUT2D eigenvalue weighted by molar-refractivity contribution is -0.135. The third-order valence-electron chi connectivity index (χ3n) is 1.74. The van der Waals surface area contributed by atoms with Gasteiger partial charge in [0.25, 0.3) is 5.56 Å². The molecule has 4 N–H and O–H groups in total. The van der Waals surface area contributed by atoms with E-state index in [0.717, 1.165) is 0 Å². The normalized spacial score (nSPS) is 10.1. The predicted molar refractivity (Wildman–Crippen MR) is 51.9 cm³/mol. The molecule has 1 heterocycles. The Kier molecular flexibility index (Phi) is 3.81. The summed E-state index contributed by atoms with van der Waals surface area (Å²) in [7, 11) is 0. The SMILES string of the molecule is O=C(O)CNCCc1c[nH]c(=O)[nH]c1=O. The van der Waals surface area contributed by atoms with Gasteiger partial charge in [0, 0.05) is 11.8 Å². The molecule has 0 aliphatic carbocycles. The highest BCUT2D eigenvalue weighted by atomic mass is 16.4. The van der Waals surface area contributed by atoms with Crippen molar-refractivity contribution in [3.05, 3.63) is 32.6 Å². The van der Waals surface area contributed by atoms with Crippen LogP contribution >= 0.6 is 0 Å². The molecule has 7 heteroatoms. The summed E-state index contributed by atoms with van der Waals surface area (Å²) in [6.45, 7) is 0.211. The van der Waals surface area contributed by atoms with Gasteiger partial charge in [-0.05, 0) is 13.0 Å². The van der Waals surface area contributed by atoms with Crippen LogP contribution in [-0.4, -0.2) is 34.1 Å². The van der Waals surface area contributed by atoms with E-state index in [1.165, 1.54) is 6.20 Å². The van der Waals surface area contributed by atoms with E-state index >= 15 is 0 Å². The van der Waals surface area contributed by atoms with Gasteiger partial charge in [-0.25, -0.2) is 4.79 Å². The molecule has 0 aliphatic heterocycles. The molecule has 0 fully saturated rings. The van der Waals surface area contributed by atoms with Crippen molar-refractivity contribution in [2.45, 2.75) is 6.42 Å². The number of nitrogens with one attached hydrogen (secondary N) is 3. The van der Waals surface area contributed by atoms with Gasteiger partial charge in [0.1, 0.15) is 0 Å². The quantitative estimate of drug-likeness (QED) is 0.434. The van der Waals surface area contributed by atoms with Gasteiger partial charge in [-0.1, -0.05) is 0 Å². The number of carbonyl (C=O) groups is 1. The molecule has 82 valence electrons. The third-order valence-corrected chi connectivity index (χ3v) is 1.74. The van der Waals surface area contributed by atoms with Crippen molar-refractivity contribution in [1.82, 2.24) is 15.3 Å². The number of hydrogen-bond donors (Lipinski definition) is 4. The number of carboxylic acid groups (broad SMARTS) is 1. The van der Waals surface area contributed by atoms with Gasteiger partial charge >= 0.3 is 11.7 Å². The molecule has 0 aliphatic rings. The third kappa shape index (κ3) is 3.77. The number of hydrogen-bond acceptors (Lipinski definition) is 4. The minimum Gasteiger partial charge on any atom is -0.480 e. The molecule has 15 heavy (non-hydrogen) atoms. The molecule has 0 saturated heterocycles. The summed E-state index contributed by atoms with van der Waals surface area (Å²) in [6.07, 6.45) is 1.68. The van der Waals surface area contributed by atoms with Crippen LogP contribution in [0.25, 0.3) is 0 Å². The van der Waals surface area contributed by atoms with Crippen molar-refractivity contribution in [2.75, 3.05) is 13.1 Å². The van der Waals surface area contributed by atoms with E-state index in [1.54, 1.807) is 0 Å². The average Bonchev–Trinajstić information content (AvgIpc) is 2.14. The molecule has 1 rings (SSSR count). The van der Waals surface area contributed by atoms with Gasteiger partial charge in [0.2, 0.25) is 0 Å². The van der Waals surface area contributed by atoms with E-state index in [2.05, 4.69) is 15.3 Å². The lowest BCUT2D eigenvalue weighted by Gasteiger charge is -2.00. The minimum absolute atomic E-state index is 0.152. The van der Waals surface area contributed by atoms with Crippen molar-refractivity contribution in [3.8, 4) is 0 Å². The van der Waals surface area contributed by atoms with Crippen LogP contribution in [0.2, 0.25) is 0 Å². The lowest BCUT2D eigenvalue weighted by atomic mass is 10.2. The largest absolute Gasteiger partial charge is 0.480 e. The molecule has 0 amide bonds. The summed E-state index contributed by atoms with van der Waals surface area (Å²) in [6, 6.07) is 0. The van der Waals surface area contributed by atoms with E-state index in [4.69, 9.17) is 5.11 Å². The molecule has 0 aromatic carbocycles. The monoisotopic (exact) mass is 213 g/mol. The van der Waals surface area contributed by atoms with Crippen molar-refractivity contribution < 1.29 is 9.90 Å². The number of carboxylic acids is 1. The first kappa shape index (κ1) is 11.2. The first-order valence-corrected chi connectivity index (χ1v) is 4.33. The zero-order chi connectivity index (χ0) is 11.3. The second kappa shape index (κ2) is 5.11. The van der Waals surface area contributed by atoms with Crippen LogP contribution in [0.4, 0.5) is 0 Å². The van der Waals surface area contributed by atoms with Gasteiger partial charge in [-0.15, -0.1) is 0 Å². The Bertz CT molecular complexity index is 448. The Labute approximate surface area is 84.2 Å². The van der Waals surface area contributed by atoms with Crippen molar-refractivity contribution >= 4 is 5.97 Å². The van der Waals surface area contributed by atoms with Crippen LogP contribution in [0.1, 0.15) is 5.56 Å². The fourth-order valence-corrected chi connectivity index (χ4v) is 1.04. The molecule has 0 spiro atoms. The number of rotatable bonds is 5. The zero-order valence-corrected chi connectivity index (χ0v) is 7.87. The highest BCUT2D eigenvalue weighted by Crippen LogP contribution is 1.84. The lowest BCUT2D eigenvalue weighted by Crippen LogP contribution is -2.29. The van der Waals surface area contributed by atoms with Gasteiger partial charge < -0.3 is 15.4 Å². The first-order valence-electron chi connectivity index (χ1n) is 4.33. The fraction of sp³-hybridized carbons (Fsp3) is 0.375. The van der Waals surface area contributed by atoms with Crippen LogP contribution in [-0.2, 0) is 11.2 Å². The van der Waals surface area contributed by atoms with Gasteiger partial charge in [-0.2, -0.15) is 0 Å². The topological polar surface area (TPSA) is 115 Å². The fourth-order valence-electron chi connectivity index (χ4n) is 1.04. The summed E-state index contributed by atoms with van der Waals surface area (Å²) >= 11 is 0. The summed E-state index contributed by atoms with van der Waals surface area (Å²) in [4.78, 5) is 36.4. The molecular weight excluding hydrogens is 202 g/mol. The van der Waals surface area contributed by atoms with Crippen LogP contribution in [0.15, 0.2) is 15.8 Å². The standard InChI is InChI=1S/C8H11N3O4/c12-6(13)4-9-2-1-5-3-10-8(15)11-7(5)14/h3,9H,1-2,4H2,(H,12,13)(H2,10,11,14,15). The average molecular weight is 213 g/mol. The van der Waals surface area contributed by atoms with E-state index in [-0.39, 0.29) is 6.54 Å². The molecule has 7 nitrogen and oxygen atoms in total. The molecule has 0 atom stereocenters. The highest BCUT2D eigenvalue weighted by Gasteiger charge is 2.00. The Morgan fingerprint density at radius 1 is 1.47 bits per heavy atom. The second-order valence-electron chi connectivity index (χ2n) is 2.92. The highest BCUT2D eigenvalue weighted by molar-refractivity contribution is 5.68. The van der Waals surface area contributed by atoms with Crippen molar-refractivity contribution in [1.29, 1.82) is 0 Å². The van der Waals surface area contributed by atoms with E-state index in [9.17, 15) is 14.4 Å². The first-order chi connectivity index (χ1) is 7.09. The summed E-state index contributed by atoms with van der Waals surface area (Å²) in [5.41, 5.74) is -0.592. The Balaban J connectivity index is 2.48. The van der Waals surface area contributed by atoms with E-state index in [1.807, 2.05) is 0 Å². The van der Waals surface area contributed by atoms with Gasteiger partial charge in [0.15, 0.2) is 0 Å². The van der Waals surface area contributed by atoms with Gasteiger partial charge in [0.05, 0.1) is 6.54 Å². The maximum Gasteiger partial charge on any atom is 0.325 e. The van der Waals surface area contributed by atoms with Crippen LogP contribution in [0.5, 0.6) is 0 Å². The second-order valence-corrected chi connectivity index (χ2v) is 2.92. The van der Waals surface area contributed by atoms with Crippen LogP contribution < -0.4 is 16.6 Å². The molecule has 0 radical (unpaired) electrons.